The molecule has 0 saturated carbocycles. The summed E-state index contributed by atoms with van der Waals surface area (Å²) in [4.78, 5) is 2.02. The molecular weight excluding hydrogens is 226 g/mol. The molecule has 5 heteroatoms. The minimum Gasteiger partial charge on any atom is -0.491 e. The minimum atomic E-state index is -0.0395. The Morgan fingerprint density at radius 3 is 2.75 bits per heavy atom. The molecule has 0 aliphatic heterocycles. The number of nitrogens with two attached hydrogens (primary N) is 1. The molecule has 0 radical (unpaired) electrons. The molecule has 1 aromatic carbocycles. The van der Waals surface area contributed by atoms with Crippen LogP contribution in [0.5, 0.6) is 5.75 Å². The Kier molecular flexibility index (Phi) is 4.58. The van der Waals surface area contributed by atoms with E-state index in [4.69, 9.17) is 27.5 Å². The lowest BCUT2D eigenvalue weighted by Crippen LogP contribution is -2.20. The molecule has 3 N–H and O–H groups in total. The standard InChI is InChI=1S/C11H16ClN3O/c1-15(2)5-6-16-10-4-3-8(12)7-9(10)11(13)14/h3-4,7H,5-6H2,1-2H3,(H3,13,14). The SMILES string of the molecule is CN(C)CCOc1ccc(Cl)cc1C(=N)N. The number of benzene rings is 1. The summed E-state index contributed by atoms with van der Waals surface area (Å²) in [6.07, 6.45) is 0. The molecule has 0 amide bonds. The van der Waals surface area contributed by atoms with E-state index in [0.29, 0.717) is 22.9 Å². The maximum absolute atomic E-state index is 7.42. The normalized spacial score (nSPS) is 10.5. The number of hydrogen-bond donors (Lipinski definition) is 2. The van der Waals surface area contributed by atoms with E-state index in [-0.39, 0.29) is 5.84 Å². The van der Waals surface area contributed by atoms with Crippen LogP contribution in [0.4, 0.5) is 0 Å². The Bertz CT molecular complexity index is 379. The second-order valence-corrected chi connectivity index (χ2v) is 4.14. The summed E-state index contributed by atoms with van der Waals surface area (Å²) in [5.74, 6) is 0.557. The Morgan fingerprint density at radius 2 is 2.19 bits per heavy atom. The fourth-order valence-electron chi connectivity index (χ4n) is 1.18. The Balaban J connectivity index is 2.75. The van der Waals surface area contributed by atoms with E-state index in [1.807, 2.05) is 19.0 Å². The monoisotopic (exact) mass is 241 g/mol. The molecule has 88 valence electrons. The third-order valence-corrected chi connectivity index (χ3v) is 2.26. The highest BCUT2D eigenvalue weighted by Crippen LogP contribution is 2.22. The number of halogens is 1. The minimum absolute atomic E-state index is 0.0395. The zero-order valence-electron chi connectivity index (χ0n) is 9.46. The Hall–Kier alpha value is -1.26. The van der Waals surface area contributed by atoms with Gasteiger partial charge in [0.05, 0.1) is 5.56 Å². The van der Waals surface area contributed by atoms with Gasteiger partial charge < -0.3 is 15.4 Å². The number of ether oxygens (including phenoxy) is 1. The molecule has 0 aliphatic carbocycles. The highest BCUT2D eigenvalue weighted by molar-refractivity contribution is 6.31. The van der Waals surface area contributed by atoms with Gasteiger partial charge in [-0.25, -0.2) is 0 Å². The molecule has 4 nitrogen and oxygen atoms in total. The predicted molar refractivity (Wildman–Crippen MR) is 66.5 cm³/mol. The highest BCUT2D eigenvalue weighted by atomic mass is 35.5. The summed E-state index contributed by atoms with van der Waals surface area (Å²) in [5.41, 5.74) is 5.98. The first-order chi connectivity index (χ1) is 7.50. The van der Waals surface area contributed by atoms with Crippen molar-refractivity contribution in [1.29, 1.82) is 5.41 Å². The number of rotatable bonds is 5. The molecule has 16 heavy (non-hydrogen) atoms. The second kappa shape index (κ2) is 5.72. The van der Waals surface area contributed by atoms with Gasteiger partial charge >= 0.3 is 0 Å². The summed E-state index contributed by atoms with van der Waals surface area (Å²) < 4.78 is 5.54. The molecule has 1 rings (SSSR count). The summed E-state index contributed by atoms with van der Waals surface area (Å²) in [6.45, 7) is 1.36. The first-order valence-electron chi connectivity index (χ1n) is 4.92. The number of nitrogens with zero attached hydrogens (tertiary/aromatic N) is 1. The smallest absolute Gasteiger partial charge is 0.130 e. The lowest BCUT2D eigenvalue weighted by molar-refractivity contribution is 0.261. The molecule has 0 atom stereocenters. The van der Waals surface area contributed by atoms with Crippen LogP contribution >= 0.6 is 11.6 Å². The molecule has 0 unspecified atom stereocenters. The van der Waals surface area contributed by atoms with Gasteiger partial charge in [0.15, 0.2) is 0 Å². The van der Waals surface area contributed by atoms with Crippen molar-refractivity contribution in [2.75, 3.05) is 27.2 Å². The lowest BCUT2D eigenvalue weighted by atomic mass is 10.2. The van der Waals surface area contributed by atoms with Crippen LogP contribution in [0.15, 0.2) is 18.2 Å². The fraction of sp³-hybridized carbons (Fsp3) is 0.364. The van der Waals surface area contributed by atoms with Crippen LogP contribution in [-0.2, 0) is 0 Å². The van der Waals surface area contributed by atoms with Crippen LogP contribution in [0.1, 0.15) is 5.56 Å². The maximum atomic E-state index is 7.42. The van der Waals surface area contributed by atoms with Gasteiger partial charge in [-0.05, 0) is 32.3 Å². The van der Waals surface area contributed by atoms with Gasteiger partial charge in [0, 0.05) is 11.6 Å². The number of hydrogen-bond acceptors (Lipinski definition) is 3. The van der Waals surface area contributed by atoms with Gasteiger partial charge in [0.25, 0.3) is 0 Å². The maximum Gasteiger partial charge on any atom is 0.130 e. The summed E-state index contributed by atoms with van der Waals surface area (Å²) in [6, 6.07) is 5.09. The average Bonchev–Trinajstić information content (AvgIpc) is 2.19. The third kappa shape index (κ3) is 3.72. The largest absolute Gasteiger partial charge is 0.491 e. The Morgan fingerprint density at radius 1 is 1.50 bits per heavy atom. The van der Waals surface area contributed by atoms with Gasteiger partial charge in [-0.2, -0.15) is 0 Å². The van der Waals surface area contributed by atoms with Gasteiger partial charge in [-0.3, -0.25) is 5.41 Å². The van der Waals surface area contributed by atoms with E-state index >= 15 is 0 Å². The van der Waals surface area contributed by atoms with Crippen LogP contribution in [0.25, 0.3) is 0 Å². The topological polar surface area (TPSA) is 62.3 Å². The zero-order valence-corrected chi connectivity index (χ0v) is 10.2. The van der Waals surface area contributed by atoms with E-state index in [0.717, 1.165) is 6.54 Å². The van der Waals surface area contributed by atoms with Crippen LogP contribution in [0.3, 0.4) is 0 Å². The van der Waals surface area contributed by atoms with E-state index < -0.39 is 0 Å². The lowest BCUT2D eigenvalue weighted by Gasteiger charge is -2.13. The Labute approximate surface area is 100 Å². The molecule has 0 aliphatic rings. The average molecular weight is 242 g/mol. The van der Waals surface area contributed by atoms with E-state index in [1.54, 1.807) is 18.2 Å². The molecular formula is C11H16ClN3O. The second-order valence-electron chi connectivity index (χ2n) is 3.71. The summed E-state index contributed by atoms with van der Waals surface area (Å²) in [7, 11) is 3.94. The molecule has 0 saturated heterocycles. The quantitative estimate of drug-likeness (QED) is 0.608. The van der Waals surface area contributed by atoms with Gasteiger partial charge in [-0.15, -0.1) is 0 Å². The summed E-state index contributed by atoms with van der Waals surface area (Å²) >= 11 is 5.83. The molecule has 0 heterocycles. The van der Waals surface area contributed by atoms with Crippen LogP contribution in [0.2, 0.25) is 5.02 Å². The van der Waals surface area contributed by atoms with Crippen molar-refractivity contribution >= 4 is 17.4 Å². The fourth-order valence-corrected chi connectivity index (χ4v) is 1.35. The number of nitrogens with one attached hydrogen (secondary N) is 1. The van der Waals surface area contributed by atoms with Gasteiger partial charge in [0.1, 0.15) is 18.2 Å². The zero-order chi connectivity index (χ0) is 12.1. The molecule has 1 aromatic rings. The van der Waals surface area contributed by atoms with Crippen LogP contribution in [0, 0.1) is 5.41 Å². The molecule has 0 bridgehead atoms. The van der Waals surface area contributed by atoms with Crippen molar-refractivity contribution in [3.8, 4) is 5.75 Å². The van der Waals surface area contributed by atoms with Crippen LogP contribution < -0.4 is 10.5 Å². The van der Waals surface area contributed by atoms with E-state index in [9.17, 15) is 0 Å². The summed E-state index contributed by atoms with van der Waals surface area (Å²) in [5, 5.41) is 7.97. The third-order valence-electron chi connectivity index (χ3n) is 2.03. The molecule has 0 aromatic heterocycles. The predicted octanol–water partition coefficient (Wildman–Crippen LogP) is 1.56. The van der Waals surface area contributed by atoms with Crippen molar-refractivity contribution in [2.24, 2.45) is 5.73 Å². The first-order valence-corrected chi connectivity index (χ1v) is 5.30. The van der Waals surface area contributed by atoms with Gasteiger partial charge in [-0.1, -0.05) is 11.6 Å². The first kappa shape index (κ1) is 12.8. The van der Waals surface area contributed by atoms with Crippen molar-refractivity contribution < 1.29 is 4.74 Å². The number of likely N-dealkylation sites (N-methyl/N-ethyl adjacent to an activating group) is 1. The van der Waals surface area contributed by atoms with E-state index in [2.05, 4.69) is 0 Å². The van der Waals surface area contributed by atoms with Crippen molar-refractivity contribution in [2.45, 2.75) is 0 Å². The molecule has 0 fully saturated rings. The molecule has 0 spiro atoms. The van der Waals surface area contributed by atoms with Crippen molar-refractivity contribution in [3.63, 3.8) is 0 Å². The number of amidine groups is 1. The highest BCUT2D eigenvalue weighted by Gasteiger charge is 2.07. The van der Waals surface area contributed by atoms with Crippen molar-refractivity contribution in [1.82, 2.24) is 4.90 Å². The van der Waals surface area contributed by atoms with Crippen LogP contribution in [-0.4, -0.2) is 38.0 Å². The van der Waals surface area contributed by atoms with Gasteiger partial charge in [0.2, 0.25) is 0 Å². The van der Waals surface area contributed by atoms with E-state index in [1.165, 1.54) is 0 Å². The van der Waals surface area contributed by atoms with Crippen molar-refractivity contribution in [3.05, 3.63) is 28.8 Å². The number of nitrogen functional groups attached to an aromatic ring is 1.